The van der Waals surface area contributed by atoms with Crippen LogP contribution in [0.25, 0.3) is 0 Å². The molecule has 0 bridgehead atoms. The lowest BCUT2D eigenvalue weighted by atomic mass is 9.92. The first-order valence-electron chi connectivity index (χ1n) is 4.14. The number of aliphatic hydroxyl groups is 2. The van der Waals surface area contributed by atoms with Crippen molar-refractivity contribution in [1.82, 2.24) is 0 Å². The van der Waals surface area contributed by atoms with Crippen molar-refractivity contribution in [1.29, 1.82) is 0 Å². The van der Waals surface area contributed by atoms with Crippen molar-refractivity contribution >= 4 is 0 Å². The van der Waals surface area contributed by atoms with E-state index in [4.69, 9.17) is 5.11 Å². The smallest absolute Gasteiger partial charge is 0.0592 e. The SMILES string of the molecule is [CH2]C(C)CC(O)C(C)C(C)O. The van der Waals surface area contributed by atoms with E-state index in [0.717, 1.165) is 0 Å². The predicted molar refractivity (Wildman–Crippen MR) is 46.0 cm³/mol. The molecule has 4 atom stereocenters. The zero-order chi connectivity index (χ0) is 9.02. The number of hydrogen-bond acceptors (Lipinski definition) is 2. The van der Waals surface area contributed by atoms with E-state index in [1.54, 1.807) is 6.92 Å². The van der Waals surface area contributed by atoms with Gasteiger partial charge in [0.15, 0.2) is 0 Å². The van der Waals surface area contributed by atoms with Crippen molar-refractivity contribution < 1.29 is 10.2 Å². The number of aliphatic hydroxyl groups excluding tert-OH is 2. The predicted octanol–water partition coefficient (Wildman–Crippen LogP) is 1.22. The summed E-state index contributed by atoms with van der Waals surface area (Å²) in [5.74, 6) is 0.186. The van der Waals surface area contributed by atoms with E-state index in [9.17, 15) is 5.11 Å². The Balaban J connectivity index is 3.73. The molecule has 0 rings (SSSR count). The van der Waals surface area contributed by atoms with Crippen molar-refractivity contribution in [2.45, 2.75) is 39.4 Å². The molecule has 0 saturated heterocycles. The summed E-state index contributed by atoms with van der Waals surface area (Å²) in [6, 6.07) is 0. The molecule has 0 amide bonds. The molecule has 67 valence electrons. The van der Waals surface area contributed by atoms with E-state index >= 15 is 0 Å². The van der Waals surface area contributed by atoms with Crippen LogP contribution in [-0.4, -0.2) is 22.4 Å². The Hall–Kier alpha value is -0.0800. The van der Waals surface area contributed by atoms with E-state index in [0.29, 0.717) is 6.42 Å². The van der Waals surface area contributed by atoms with Crippen molar-refractivity contribution in [3.05, 3.63) is 6.92 Å². The van der Waals surface area contributed by atoms with Crippen LogP contribution in [0.3, 0.4) is 0 Å². The van der Waals surface area contributed by atoms with Gasteiger partial charge in [-0.25, -0.2) is 0 Å². The molecule has 0 spiro atoms. The average molecular weight is 159 g/mol. The van der Waals surface area contributed by atoms with Gasteiger partial charge in [-0.2, -0.15) is 0 Å². The van der Waals surface area contributed by atoms with Gasteiger partial charge in [0.2, 0.25) is 0 Å². The maximum atomic E-state index is 9.46. The summed E-state index contributed by atoms with van der Waals surface area (Å²) in [5.41, 5.74) is 0. The molecule has 2 heteroatoms. The number of rotatable bonds is 4. The normalized spacial score (nSPS) is 19.9. The molecule has 0 aliphatic rings. The highest BCUT2D eigenvalue weighted by Gasteiger charge is 2.19. The third-order valence-corrected chi connectivity index (χ3v) is 2.01. The van der Waals surface area contributed by atoms with Crippen LogP contribution in [0.1, 0.15) is 27.2 Å². The molecule has 2 nitrogen and oxygen atoms in total. The highest BCUT2D eigenvalue weighted by Crippen LogP contribution is 2.15. The molecule has 0 aliphatic heterocycles. The van der Waals surface area contributed by atoms with E-state index in [1.165, 1.54) is 0 Å². The molecular weight excluding hydrogens is 140 g/mol. The highest BCUT2D eigenvalue weighted by atomic mass is 16.3. The second-order valence-corrected chi connectivity index (χ2v) is 3.51. The van der Waals surface area contributed by atoms with Crippen LogP contribution in [-0.2, 0) is 0 Å². The Bertz CT molecular complexity index is 99.7. The Kier molecular flexibility index (Phi) is 4.69. The van der Waals surface area contributed by atoms with Gasteiger partial charge < -0.3 is 10.2 Å². The third kappa shape index (κ3) is 4.38. The summed E-state index contributed by atoms with van der Waals surface area (Å²) in [7, 11) is 0. The minimum Gasteiger partial charge on any atom is -0.393 e. The molecule has 1 radical (unpaired) electrons. The van der Waals surface area contributed by atoms with E-state index in [-0.39, 0.29) is 11.8 Å². The lowest BCUT2D eigenvalue weighted by Crippen LogP contribution is -2.28. The monoisotopic (exact) mass is 159 g/mol. The molecule has 0 fully saturated rings. The van der Waals surface area contributed by atoms with Gasteiger partial charge in [0.25, 0.3) is 0 Å². The molecule has 0 aromatic carbocycles. The molecule has 0 saturated carbocycles. The van der Waals surface area contributed by atoms with Crippen molar-refractivity contribution in [3.63, 3.8) is 0 Å². The van der Waals surface area contributed by atoms with Gasteiger partial charge in [-0.05, 0) is 19.3 Å². The van der Waals surface area contributed by atoms with Crippen molar-refractivity contribution in [3.8, 4) is 0 Å². The Labute approximate surface area is 69.2 Å². The molecule has 11 heavy (non-hydrogen) atoms. The first kappa shape index (κ1) is 10.9. The van der Waals surface area contributed by atoms with E-state index < -0.39 is 12.2 Å². The Morgan fingerprint density at radius 1 is 1.18 bits per heavy atom. The molecule has 4 unspecified atom stereocenters. The van der Waals surface area contributed by atoms with Gasteiger partial charge >= 0.3 is 0 Å². The number of hydrogen-bond donors (Lipinski definition) is 2. The zero-order valence-corrected chi connectivity index (χ0v) is 7.62. The first-order chi connectivity index (χ1) is 4.95. The van der Waals surface area contributed by atoms with Crippen LogP contribution in [0.4, 0.5) is 0 Å². The van der Waals surface area contributed by atoms with Gasteiger partial charge in [0, 0.05) is 5.92 Å². The quantitative estimate of drug-likeness (QED) is 0.647. The second-order valence-electron chi connectivity index (χ2n) is 3.51. The first-order valence-corrected chi connectivity index (χ1v) is 4.14. The average Bonchev–Trinajstić information content (AvgIpc) is 1.84. The minimum atomic E-state index is -0.441. The molecule has 0 aromatic heterocycles. The summed E-state index contributed by atoms with van der Waals surface area (Å²) >= 11 is 0. The van der Waals surface area contributed by atoms with Crippen LogP contribution < -0.4 is 0 Å². The topological polar surface area (TPSA) is 40.5 Å². The van der Waals surface area contributed by atoms with Crippen LogP contribution in [0, 0.1) is 18.8 Å². The van der Waals surface area contributed by atoms with Crippen LogP contribution in [0.5, 0.6) is 0 Å². The van der Waals surface area contributed by atoms with Crippen molar-refractivity contribution in [2.24, 2.45) is 11.8 Å². The largest absolute Gasteiger partial charge is 0.393 e. The summed E-state index contributed by atoms with van der Waals surface area (Å²) in [4.78, 5) is 0. The summed E-state index contributed by atoms with van der Waals surface area (Å²) < 4.78 is 0. The highest BCUT2D eigenvalue weighted by molar-refractivity contribution is 4.71. The lowest BCUT2D eigenvalue weighted by Gasteiger charge is -2.22. The summed E-state index contributed by atoms with van der Waals surface area (Å²) in [5, 5.41) is 18.6. The van der Waals surface area contributed by atoms with Gasteiger partial charge in [0.05, 0.1) is 12.2 Å². The fourth-order valence-electron chi connectivity index (χ4n) is 0.948. The minimum absolute atomic E-state index is 0.0563. The Morgan fingerprint density at radius 3 is 1.91 bits per heavy atom. The van der Waals surface area contributed by atoms with E-state index in [2.05, 4.69) is 6.92 Å². The standard InChI is InChI=1S/C9H19O2/c1-6(2)5-9(11)7(3)8(4)10/h6-11H,1,5H2,2-4H3. The third-order valence-electron chi connectivity index (χ3n) is 2.01. The second kappa shape index (κ2) is 4.73. The zero-order valence-electron chi connectivity index (χ0n) is 7.62. The molecule has 0 heterocycles. The molecule has 2 N–H and O–H groups in total. The molecule has 0 aliphatic carbocycles. The van der Waals surface area contributed by atoms with Crippen LogP contribution in [0.2, 0.25) is 0 Å². The van der Waals surface area contributed by atoms with Gasteiger partial charge in [0.1, 0.15) is 0 Å². The van der Waals surface area contributed by atoms with Gasteiger partial charge in [-0.15, -0.1) is 0 Å². The lowest BCUT2D eigenvalue weighted by molar-refractivity contribution is 0.0222. The van der Waals surface area contributed by atoms with E-state index in [1.807, 2.05) is 13.8 Å². The molecular formula is C9H19O2. The summed E-state index contributed by atoms with van der Waals surface area (Å²) in [6.45, 7) is 9.28. The van der Waals surface area contributed by atoms with Crippen LogP contribution in [0.15, 0.2) is 0 Å². The van der Waals surface area contributed by atoms with Crippen LogP contribution >= 0.6 is 0 Å². The maximum Gasteiger partial charge on any atom is 0.0592 e. The fraction of sp³-hybridized carbons (Fsp3) is 0.889. The van der Waals surface area contributed by atoms with Crippen molar-refractivity contribution in [2.75, 3.05) is 0 Å². The fourth-order valence-corrected chi connectivity index (χ4v) is 0.948. The van der Waals surface area contributed by atoms with Gasteiger partial charge in [-0.1, -0.05) is 20.8 Å². The Morgan fingerprint density at radius 2 is 1.64 bits per heavy atom. The van der Waals surface area contributed by atoms with Gasteiger partial charge in [-0.3, -0.25) is 0 Å². The maximum absolute atomic E-state index is 9.46. The summed E-state index contributed by atoms with van der Waals surface area (Å²) in [6.07, 6.45) is -0.210. The molecule has 0 aromatic rings.